The van der Waals surface area contributed by atoms with Crippen LogP contribution < -0.4 is 5.32 Å². The highest BCUT2D eigenvalue weighted by molar-refractivity contribution is 4.85. The fourth-order valence-corrected chi connectivity index (χ4v) is 2.81. The molecular weight excluding hydrogens is 236 g/mol. The van der Waals surface area contributed by atoms with Crippen LogP contribution in [0, 0.1) is 5.92 Å². The zero-order chi connectivity index (χ0) is 13.5. The van der Waals surface area contributed by atoms with Gasteiger partial charge >= 0.3 is 0 Å². The van der Waals surface area contributed by atoms with Gasteiger partial charge in [0.25, 0.3) is 0 Å². The van der Waals surface area contributed by atoms with Gasteiger partial charge in [0.15, 0.2) is 0 Å². The van der Waals surface area contributed by atoms with Crippen molar-refractivity contribution in [1.29, 1.82) is 0 Å². The van der Waals surface area contributed by atoms with Crippen LogP contribution in [0.15, 0.2) is 0 Å². The number of hydrogen-bond donors (Lipinski definition) is 1. The van der Waals surface area contributed by atoms with Crippen molar-refractivity contribution in [2.24, 2.45) is 5.92 Å². The summed E-state index contributed by atoms with van der Waals surface area (Å²) >= 11 is 0. The Bertz CT molecular complexity index is 239. The number of ether oxygens (including phenoxy) is 1. The first-order valence-electron chi connectivity index (χ1n) is 8.27. The Hall–Kier alpha value is -0.120. The van der Waals surface area contributed by atoms with Gasteiger partial charge in [-0.2, -0.15) is 0 Å². The fourth-order valence-electron chi connectivity index (χ4n) is 2.81. The Balaban J connectivity index is 1.52. The zero-order valence-corrected chi connectivity index (χ0v) is 12.9. The van der Waals surface area contributed by atoms with Crippen molar-refractivity contribution in [3.8, 4) is 0 Å². The summed E-state index contributed by atoms with van der Waals surface area (Å²) in [5.41, 5.74) is 0. The summed E-state index contributed by atoms with van der Waals surface area (Å²) in [4.78, 5) is 2.65. The zero-order valence-electron chi connectivity index (χ0n) is 12.9. The van der Waals surface area contributed by atoms with Gasteiger partial charge in [-0.1, -0.05) is 6.42 Å². The lowest BCUT2D eigenvalue weighted by atomic mass is 10.1. The maximum atomic E-state index is 5.25. The van der Waals surface area contributed by atoms with Crippen LogP contribution in [0.4, 0.5) is 0 Å². The SMILES string of the molecule is COCCN(CCCCCNC1CC1)C(C)C1CC1. The molecule has 2 saturated carbocycles. The van der Waals surface area contributed by atoms with Crippen molar-refractivity contribution in [3.05, 3.63) is 0 Å². The maximum Gasteiger partial charge on any atom is 0.0589 e. The molecule has 0 bridgehead atoms. The Morgan fingerprint density at radius 1 is 1.11 bits per heavy atom. The summed E-state index contributed by atoms with van der Waals surface area (Å²) in [6, 6.07) is 1.63. The second kappa shape index (κ2) is 8.23. The number of unbranched alkanes of at least 4 members (excludes halogenated alkanes) is 2. The number of rotatable bonds is 12. The minimum absolute atomic E-state index is 0.764. The van der Waals surface area contributed by atoms with E-state index in [4.69, 9.17) is 4.74 Å². The van der Waals surface area contributed by atoms with Crippen molar-refractivity contribution in [2.75, 3.05) is 33.4 Å². The average molecular weight is 268 g/mol. The maximum absolute atomic E-state index is 5.25. The van der Waals surface area contributed by atoms with Crippen LogP contribution in [0.2, 0.25) is 0 Å². The molecule has 1 N–H and O–H groups in total. The van der Waals surface area contributed by atoms with Crippen LogP contribution >= 0.6 is 0 Å². The Morgan fingerprint density at radius 3 is 2.53 bits per heavy atom. The number of nitrogens with zero attached hydrogens (tertiary/aromatic N) is 1. The van der Waals surface area contributed by atoms with Gasteiger partial charge in [-0.05, 0) is 64.5 Å². The van der Waals surface area contributed by atoms with E-state index in [0.717, 1.165) is 31.2 Å². The van der Waals surface area contributed by atoms with Crippen molar-refractivity contribution in [1.82, 2.24) is 10.2 Å². The summed E-state index contributed by atoms with van der Waals surface area (Å²) in [6.07, 6.45) is 9.74. The molecule has 112 valence electrons. The molecule has 2 fully saturated rings. The van der Waals surface area contributed by atoms with E-state index in [1.54, 1.807) is 0 Å². The highest BCUT2D eigenvalue weighted by Crippen LogP contribution is 2.35. The first kappa shape index (κ1) is 15.3. The largest absolute Gasteiger partial charge is 0.383 e. The molecule has 0 aromatic rings. The monoisotopic (exact) mass is 268 g/mol. The van der Waals surface area contributed by atoms with E-state index in [-0.39, 0.29) is 0 Å². The van der Waals surface area contributed by atoms with Crippen LogP contribution in [0.25, 0.3) is 0 Å². The van der Waals surface area contributed by atoms with E-state index in [0.29, 0.717) is 0 Å². The highest BCUT2D eigenvalue weighted by Gasteiger charge is 2.31. The first-order chi connectivity index (χ1) is 9.31. The molecule has 0 heterocycles. The topological polar surface area (TPSA) is 24.5 Å². The first-order valence-corrected chi connectivity index (χ1v) is 8.27. The minimum atomic E-state index is 0.764. The van der Waals surface area contributed by atoms with Crippen molar-refractivity contribution >= 4 is 0 Å². The predicted octanol–water partition coefficient (Wildman–Crippen LogP) is 2.66. The molecule has 0 amide bonds. The molecule has 1 unspecified atom stereocenters. The number of methoxy groups -OCH3 is 1. The molecule has 0 aromatic heterocycles. The third-order valence-corrected chi connectivity index (χ3v) is 4.60. The molecular formula is C16H32N2O. The number of hydrogen-bond acceptors (Lipinski definition) is 3. The Kier molecular flexibility index (Phi) is 6.62. The van der Waals surface area contributed by atoms with Gasteiger partial charge in [-0.15, -0.1) is 0 Å². The van der Waals surface area contributed by atoms with E-state index in [1.807, 2.05) is 7.11 Å². The Labute approximate surface area is 119 Å². The summed E-state index contributed by atoms with van der Waals surface area (Å²) in [6.45, 7) is 6.86. The lowest BCUT2D eigenvalue weighted by Crippen LogP contribution is -2.38. The van der Waals surface area contributed by atoms with Crippen molar-refractivity contribution in [3.63, 3.8) is 0 Å². The quantitative estimate of drug-likeness (QED) is 0.551. The molecule has 0 spiro atoms. The van der Waals surface area contributed by atoms with E-state index in [9.17, 15) is 0 Å². The molecule has 2 aliphatic rings. The normalized spacial score (nSPS) is 21.0. The van der Waals surface area contributed by atoms with E-state index >= 15 is 0 Å². The Morgan fingerprint density at radius 2 is 1.89 bits per heavy atom. The van der Waals surface area contributed by atoms with E-state index in [1.165, 1.54) is 58.0 Å². The molecule has 0 radical (unpaired) electrons. The highest BCUT2D eigenvalue weighted by atomic mass is 16.5. The van der Waals surface area contributed by atoms with Crippen molar-refractivity contribution < 1.29 is 4.74 Å². The summed E-state index contributed by atoms with van der Waals surface area (Å²) in [7, 11) is 1.81. The summed E-state index contributed by atoms with van der Waals surface area (Å²) in [5, 5.41) is 3.60. The third kappa shape index (κ3) is 6.24. The third-order valence-electron chi connectivity index (χ3n) is 4.60. The molecule has 0 aromatic carbocycles. The van der Waals surface area contributed by atoms with Gasteiger partial charge in [0.2, 0.25) is 0 Å². The molecule has 2 aliphatic carbocycles. The minimum Gasteiger partial charge on any atom is -0.383 e. The molecule has 0 saturated heterocycles. The van der Waals surface area contributed by atoms with Crippen LogP contribution in [0.3, 0.4) is 0 Å². The van der Waals surface area contributed by atoms with Gasteiger partial charge in [-0.25, -0.2) is 0 Å². The molecule has 3 nitrogen and oxygen atoms in total. The van der Waals surface area contributed by atoms with Crippen LogP contribution in [-0.2, 0) is 4.74 Å². The van der Waals surface area contributed by atoms with Crippen LogP contribution in [0.1, 0.15) is 51.9 Å². The van der Waals surface area contributed by atoms with Crippen LogP contribution in [0.5, 0.6) is 0 Å². The van der Waals surface area contributed by atoms with Gasteiger partial charge < -0.3 is 10.1 Å². The van der Waals surface area contributed by atoms with Gasteiger partial charge in [-0.3, -0.25) is 4.90 Å². The fraction of sp³-hybridized carbons (Fsp3) is 1.00. The van der Waals surface area contributed by atoms with E-state index in [2.05, 4.69) is 17.1 Å². The van der Waals surface area contributed by atoms with Gasteiger partial charge in [0.1, 0.15) is 0 Å². The van der Waals surface area contributed by atoms with Gasteiger partial charge in [0.05, 0.1) is 6.61 Å². The smallest absolute Gasteiger partial charge is 0.0589 e. The molecule has 1 atom stereocenters. The standard InChI is InChI=1S/C16H32N2O/c1-14(15-6-7-15)18(12-13-19-2)11-5-3-4-10-17-16-8-9-16/h14-17H,3-13H2,1-2H3. The van der Waals surface area contributed by atoms with E-state index < -0.39 is 0 Å². The lowest BCUT2D eigenvalue weighted by Gasteiger charge is -2.29. The second-order valence-corrected chi connectivity index (χ2v) is 6.40. The molecule has 3 heteroatoms. The van der Waals surface area contributed by atoms with Crippen LogP contribution in [-0.4, -0.2) is 50.3 Å². The average Bonchev–Trinajstić information content (AvgIpc) is 3.29. The second-order valence-electron chi connectivity index (χ2n) is 6.40. The number of nitrogens with one attached hydrogen (secondary N) is 1. The summed E-state index contributed by atoms with van der Waals surface area (Å²) < 4.78 is 5.25. The molecule has 2 rings (SSSR count). The molecule has 19 heavy (non-hydrogen) atoms. The lowest BCUT2D eigenvalue weighted by molar-refractivity contribution is 0.115. The van der Waals surface area contributed by atoms with Gasteiger partial charge in [0, 0.05) is 25.7 Å². The predicted molar refractivity (Wildman–Crippen MR) is 80.5 cm³/mol. The summed E-state index contributed by atoms with van der Waals surface area (Å²) in [5.74, 6) is 0.966. The van der Waals surface area contributed by atoms with Crippen molar-refractivity contribution in [2.45, 2.75) is 64.0 Å². The molecule has 0 aliphatic heterocycles.